The van der Waals surface area contributed by atoms with Gasteiger partial charge < -0.3 is 15.0 Å². The average molecular weight is 510 g/mol. The molecule has 0 radical (unpaired) electrons. The lowest BCUT2D eigenvalue weighted by Crippen LogP contribution is -2.52. The molecule has 5 rings (SSSR count). The van der Waals surface area contributed by atoms with Gasteiger partial charge in [-0.25, -0.2) is 23.2 Å². The first-order chi connectivity index (χ1) is 16.9. The minimum atomic E-state index is -3.29. The molecule has 1 aliphatic carbocycles. The Labute approximate surface area is 210 Å². The monoisotopic (exact) mass is 509 g/mol. The van der Waals surface area contributed by atoms with E-state index in [1.807, 2.05) is 33.0 Å². The maximum Gasteiger partial charge on any atom is 0.407 e. The number of nitrogens with zero attached hydrogens (tertiary/aromatic N) is 4. The van der Waals surface area contributed by atoms with Crippen molar-refractivity contribution in [1.29, 1.82) is 0 Å². The zero-order valence-electron chi connectivity index (χ0n) is 20.9. The van der Waals surface area contributed by atoms with E-state index < -0.39 is 21.5 Å². The van der Waals surface area contributed by atoms with Crippen LogP contribution in [0.15, 0.2) is 47.6 Å². The second kappa shape index (κ2) is 8.62. The summed E-state index contributed by atoms with van der Waals surface area (Å²) in [4.78, 5) is 26.7. The molecule has 190 valence electrons. The fourth-order valence-electron chi connectivity index (χ4n) is 5.51. The Morgan fingerprint density at radius 2 is 1.75 bits per heavy atom. The van der Waals surface area contributed by atoms with Gasteiger partial charge in [-0.05, 0) is 64.7 Å². The molecule has 4 aromatic rings. The molecule has 0 spiro atoms. The molecular weight excluding hydrogens is 478 g/mol. The number of aromatic nitrogens is 4. The largest absolute Gasteiger partial charge is 0.465 e. The molecular formula is C26H31N5O4S. The van der Waals surface area contributed by atoms with E-state index in [0.717, 1.165) is 59.4 Å². The quantitative estimate of drug-likeness (QED) is 0.395. The standard InChI is InChI=1S/C26H31N5O4S/c1-26(2,3)31(25(32)33)18-9-5-17(6-10-18)24-29-22(16-7-11-19(12-8-16)36(4,34)35)21-15-28-23-20(30(21)24)13-14-27-23/h7-8,11-15,17-18,27H,5-6,9-10H2,1-4H3,(H,32,33)/t17-,18-. The first kappa shape index (κ1) is 24.3. The zero-order valence-corrected chi connectivity index (χ0v) is 21.7. The third kappa shape index (κ3) is 4.23. The van der Waals surface area contributed by atoms with Crippen LogP contribution in [-0.2, 0) is 9.84 Å². The molecule has 0 unspecified atom stereocenters. The van der Waals surface area contributed by atoms with E-state index in [-0.39, 0.29) is 16.9 Å². The minimum Gasteiger partial charge on any atom is -0.465 e. The van der Waals surface area contributed by atoms with Gasteiger partial charge in [-0.2, -0.15) is 0 Å². The predicted molar refractivity (Wildman–Crippen MR) is 138 cm³/mol. The average Bonchev–Trinajstić information content (AvgIpc) is 3.42. The second-order valence-electron chi connectivity index (χ2n) is 10.6. The van der Waals surface area contributed by atoms with E-state index in [2.05, 4.69) is 14.4 Å². The van der Waals surface area contributed by atoms with E-state index >= 15 is 0 Å². The maximum absolute atomic E-state index is 12.0. The Bertz CT molecular complexity index is 1540. The number of benzene rings is 1. The van der Waals surface area contributed by atoms with Crippen molar-refractivity contribution in [2.45, 2.75) is 68.8 Å². The van der Waals surface area contributed by atoms with Gasteiger partial charge in [0, 0.05) is 35.5 Å². The number of aromatic amines is 1. The van der Waals surface area contributed by atoms with Crippen molar-refractivity contribution in [2.75, 3.05) is 6.26 Å². The second-order valence-corrected chi connectivity index (χ2v) is 12.7. The molecule has 2 N–H and O–H groups in total. The Balaban J connectivity index is 1.55. The Hall–Kier alpha value is -3.40. The SMILES string of the molecule is CC(C)(C)N(C(=O)O)[C@H]1CC[C@H](c2nc(-c3ccc(S(C)(=O)=O)cc3)c3cnc4[nH]ccc4n32)CC1. The number of fused-ring (bicyclic) bond motifs is 3. The number of imidazole rings is 1. The van der Waals surface area contributed by atoms with Crippen LogP contribution in [-0.4, -0.2) is 61.7 Å². The molecule has 9 nitrogen and oxygen atoms in total. The summed E-state index contributed by atoms with van der Waals surface area (Å²) < 4.78 is 26.0. The highest BCUT2D eigenvalue weighted by atomic mass is 32.2. The summed E-state index contributed by atoms with van der Waals surface area (Å²) in [6.45, 7) is 5.81. The fourth-order valence-corrected chi connectivity index (χ4v) is 6.14. The normalized spacial score (nSPS) is 19.1. The van der Waals surface area contributed by atoms with Crippen LogP contribution >= 0.6 is 0 Å². The first-order valence-corrected chi connectivity index (χ1v) is 14.0. The predicted octanol–water partition coefficient (Wildman–Crippen LogP) is 5.09. The number of rotatable bonds is 4. The summed E-state index contributed by atoms with van der Waals surface area (Å²) in [5.74, 6) is 1.09. The molecule has 0 aliphatic heterocycles. The van der Waals surface area contributed by atoms with Gasteiger partial charge in [0.05, 0.1) is 27.8 Å². The summed E-state index contributed by atoms with van der Waals surface area (Å²) in [5.41, 5.74) is 3.66. The van der Waals surface area contributed by atoms with Crippen molar-refractivity contribution in [2.24, 2.45) is 0 Å². The van der Waals surface area contributed by atoms with E-state index in [1.54, 1.807) is 35.4 Å². The van der Waals surface area contributed by atoms with E-state index in [9.17, 15) is 18.3 Å². The van der Waals surface area contributed by atoms with Gasteiger partial charge in [-0.1, -0.05) is 12.1 Å². The first-order valence-electron chi connectivity index (χ1n) is 12.1. The molecule has 1 saturated carbocycles. The molecule has 3 heterocycles. The molecule has 0 bridgehead atoms. The van der Waals surface area contributed by atoms with Crippen LogP contribution in [0.3, 0.4) is 0 Å². The molecule has 1 fully saturated rings. The van der Waals surface area contributed by atoms with Crippen LogP contribution in [0.5, 0.6) is 0 Å². The fraction of sp³-hybridized carbons (Fsp3) is 0.423. The highest BCUT2D eigenvalue weighted by Crippen LogP contribution is 2.39. The summed E-state index contributed by atoms with van der Waals surface area (Å²) in [5, 5.41) is 9.84. The van der Waals surface area contributed by atoms with Gasteiger partial charge >= 0.3 is 6.09 Å². The summed E-state index contributed by atoms with van der Waals surface area (Å²) in [7, 11) is -3.29. The van der Waals surface area contributed by atoms with Gasteiger partial charge in [0.15, 0.2) is 15.5 Å². The van der Waals surface area contributed by atoms with Gasteiger partial charge in [0.2, 0.25) is 0 Å². The number of H-pyrrole nitrogens is 1. The van der Waals surface area contributed by atoms with Crippen molar-refractivity contribution < 1.29 is 18.3 Å². The smallest absolute Gasteiger partial charge is 0.407 e. The molecule has 0 saturated heterocycles. The van der Waals surface area contributed by atoms with Crippen molar-refractivity contribution in [1.82, 2.24) is 24.3 Å². The van der Waals surface area contributed by atoms with Crippen molar-refractivity contribution >= 4 is 32.6 Å². The maximum atomic E-state index is 12.0. The number of amides is 1. The van der Waals surface area contributed by atoms with Crippen LogP contribution in [0.1, 0.15) is 58.2 Å². The number of sulfone groups is 1. The molecule has 36 heavy (non-hydrogen) atoms. The summed E-state index contributed by atoms with van der Waals surface area (Å²) >= 11 is 0. The number of hydrogen-bond donors (Lipinski definition) is 2. The Morgan fingerprint density at radius 1 is 1.08 bits per heavy atom. The van der Waals surface area contributed by atoms with Gasteiger partial charge in [0.25, 0.3) is 0 Å². The highest BCUT2D eigenvalue weighted by Gasteiger charge is 2.37. The van der Waals surface area contributed by atoms with Crippen LogP contribution in [0.2, 0.25) is 0 Å². The number of hydrogen-bond acceptors (Lipinski definition) is 5. The van der Waals surface area contributed by atoms with Gasteiger partial charge in [-0.3, -0.25) is 4.40 Å². The third-order valence-electron chi connectivity index (χ3n) is 7.11. The third-order valence-corrected chi connectivity index (χ3v) is 8.24. The molecule has 1 aliphatic rings. The van der Waals surface area contributed by atoms with Crippen molar-refractivity contribution in [3.05, 3.63) is 48.5 Å². The summed E-state index contributed by atoms with van der Waals surface area (Å²) in [6.07, 6.45) is 7.15. The van der Waals surface area contributed by atoms with Crippen LogP contribution in [0, 0.1) is 0 Å². The van der Waals surface area contributed by atoms with Crippen LogP contribution < -0.4 is 0 Å². The van der Waals surface area contributed by atoms with E-state index in [1.165, 1.54) is 6.26 Å². The topological polar surface area (TPSA) is 121 Å². The van der Waals surface area contributed by atoms with Crippen molar-refractivity contribution in [3.8, 4) is 11.3 Å². The Morgan fingerprint density at radius 3 is 2.33 bits per heavy atom. The number of carboxylic acid groups (broad SMARTS) is 1. The molecule has 1 aromatic carbocycles. The molecule has 0 atom stereocenters. The van der Waals surface area contributed by atoms with Crippen LogP contribution in [0.25, 0.3) is 27.9 Å². The molecule has 1 amide bonds. The molecule has 3 aromatic heterocycles. The number of nitrogens with one attached hydrogen (secondary N) is 1. The Kier molecular flexibility index (Phi) is 5.82. The lowest BCUT2D eigenvalue weighted by molar-refractivity contribution is 0.0543. The zero-order chi connectivity index (χ0) is 25.8. The minimum absolute atomic E-state index is 0.0260. The van der Waals surface area contributed by atoms with Crippen LogP contribution in [0.4, 0.5) is 4.79 Å². The van der Waals surface area contributed by atoms with Gasteiger partial charge in [-0.15, -0.1) is 0 Å². The summed E-state index contributed by atoms with van der Waals surface area (Å²) in [6, 6.07) is 8.74. The van der Waals surface area contributed by atoms with Gasteiger partial charge in [0.1, 0.15) is 5.82 Å². The van der Waals surface area contributed by atoms with E-state index in [4.69, 9.17) is 4.98 Å². The lowest BCUT2D eigenvalue weighted by Gasteiger charge is -2.42. The highest BCUT2D eigenvalue weighted by molar-refractivity contribution is 7.90. The number of carbonyl (C=O) groups is 1. The van der Waals surface area contributed by atoms with E-state index in [0.29, 0.717) is 0 Å². The lowest BCUT2D eigenvalue weighted by atomic mass is 9.83. The van der Waals surface area contributed by atoms with Crippen molar-refractivity contribution in [3.63, 3.8) is 0 Å². The molecule has 10 heteroatoms.